The van der Waals surface area contributed by atoms with Crippen molar-refractivity contribution in [3.05, 3.63) is 95.8 Å². The minimum Gasteiger partial charge on any atom is -0.493 e. The van der Waals surface area contributed by atoms with Gasteiger partial charge in [0.15, 0.2) is 11.5 Å². The lowest BCUT2D eigenvalue weighted by molar-refractivity contribution is -0.117. The fourth-order valence-electron chi connectivity index (χ4n) is 5.54. The standard InChI is InChI=1S/C33H37N3O3/c1-5-10-25-14-16-30(31(20-25)38-4)39-18-9-8-17-35-29-12-7-6-11-27(29)34-33(35)26-21-32(37)36(22-26)28-15-13-23(2)19-24(28)3/h5-7,11-16,19-20,26H,1,8-10,17-18,21-22H2,2-4H3. The van der Waals surface area contributed by atoms with Gasteiger partial charge in [0.1, 0.15) is 5.82 Å². The summed E-state index contributed by atoms with van der Waals surface area (Å²) in [4.78, 5) is 20.1. The molecule has 3 aromatic carbocycles. The van der Waals surface area contributed by atoms with Crippen molar-refractivity contribution in [2.75, 3.05) is 25.2 Å². The van der Waals surface area contributed by atoms with Gasteiger partial charge in [-0.1, -0.05) is 42.0 Å². The molecule has 1 atom stereocenters. The van der Waals surface area contributed by atoms with Crippen LogP contribution >= 0.6 is 0 Å². The zero-order chi connectivity index (χ0) is 27.4. The van der Waals surface area contributed by atoms with Gasteiger partial charge in [0.05, 0.1) is 24.8 Å². The molecule has 4 aromatic rings. The second-order valence-corrected chi connectivity index (χ2v) is 10.3. The van der Waals surface area contributed by atoms with Crippen LogP contribution in [0.2, 0.25) is 0 Å². The Kier molecular flexibility index (Phi) is 8.01. The second-order valence-electron chi connectivity index (χ2n) is 10.3. The lowest BCUT2D eigenvalue weighted by Crippen LogP contribution is -2.25. The number of hydrogen-bond acceptors (Lipinski definition) is 4. The van der Waals surface area contributed by atoms with Gasteiger partial charge >= 0.3 is 0 Å². The predicted octanol–water partition coefficient (Wildman–Crippen LogP) is 6.77. The number of hydrogen-bond donors (Lipinski definition) is 0. The van der Waals surface area contributed by atoms with Crippen LogP contribution in [0.4, 0.5) is 5.69 Å². The third-order valence-electron chi connectivity index (χ3n) is 7.46. The van der Waals surface area contributed by atoms with Crippen LogP contribution in [0.25, 0.3) is 11.0 Å². The number of amides is 1. The fraction of sp³-hybridized carbons (Fsp3) is 0.333. The Morgan fingerprint density at radius 3 is 2.69 bits per heavy atom. The van der Waals surface area contributed by atoms with Crippen LogP contribution in [0.1, 0.15) is 47.7 Å². The Bertz CT molecular complexity index is 1490. The zero-order valence-electron chi connectivity index (χ0n) is 23.2. The van der Waals surface area contributed by atoms with Gasteiger partial charge in [-0.05, 0) is 74.6 Å². The van der Waals surface area contributed by atoms with Gasteiger partial charge in [-0.3, -0.25) is 4.79 Å². The highest BCUT2D eigenvalue weighted by atomic mass is 16.5. The summed E-state index contributed by atoms with van der Waals surface area (Å²) in [5, 5.41) is 0. The number of aryl methyl sites for hydroxylation is 3. The van der Waals surface area contributed by atoms with E-state index >= 15 is 0 Å². The SMILES string of the molecule is C=CCc1ccc(OCCCCn2c(C3CC(=O)N(c4ccc(C)cc4C)C3)nc3ccccc32)c(OC)c1. The van der Waals surface area contributed by atoms with Gasteiger partial charge in [0, 0.05) is 31.1 Å². The van der Waals surface area contributed by atoms with E-state index in [9.17, 15) is 4.79 Å². The van der Waals surface area contributed by atoms with Crippen molar-refractivity contribution in [1.82, 2.24) is 9.55 Å². The zero-order valence-corrected chi connectivity index (χ0v) is 23.2. The van der Waals surface area contributed by atoms with Gasteiger partial charge in [0.2, 0.25) is 5.91 Å². The molecule has 1 aromatic heterocycles. The number of carbonyl (C=O) groups excluding carboxylic acids is 1. The molecular weight excluding hydrogens is 486 g/mol. The molecular formula is C33H37N3O3. The predicted molar refractivity (Wildman–Crippen MR) is 157 cm³/mol. The summed E-state index contributed by atoms with van der Waals surface area (Å²) in [6, 6.07) is 20.6. The molecule has 0 radical (unpaired) electrons. The minimum atomic E-state index is 0.0557. The summed E-state index contributed by atoms with van der Waals surface area (Å²) in [7, 11) is 1.67. The molecule has 202 valence electrons. The van der Waals surface area contributed by atoms with Gasteiger partial charge < -0.3 is 18.9 Å². The summed E-state index contributed by atoms with van der Waals surface area (Å²) in [6.07, 6.45) is 4.98. The number of carbonyl (C=O) groups is 1. The van der Waals surface area contributed by atoms with Crippen molar-refractivity contribution >= 4 is 22.6 Å². The van der Waals surface area contributed by atoms with Gasteiger partial charge in [-0.25, -0.2) is 4.98 Å². The number of benzene rings is 3. The van der Waals surface area contributed by atoms with Crippen molar-refractivity contribution in [2.45, 2.75) is 52.0 Å². The summed E-state index contributed by atoms with van der Waals surface area (Å²) >= 11 is 0. The van der Waals surface area contributed by atoms with Crippen molar-refractivity contribution in [1.29, 1.82) is 0 Å². The maximum atomic E-state index is 13.1. The number of imidazole rings is 1. The molecule has 0 spiro atoms. The smallest absolute Gasteiger partial charge is 0.227 e. The summed E-state index contributed by atoms with van der Waals surface area (Å²) in [6.45, 7) is 10.0. The van der Waals surface area contributed by atoms with Crippen LogP contribution in [0, 0.1) is 13.8 Å². The number of rotatable bonds is 11. The van der Waals surface area contributed by atoms with E-state index in [1.165, 1.54) is 5.56 Å². The van der Waals surface area contributed by atoms with E-state index in [0.29, 0.717) is 19.6 Å². The maximum Gasteiger partial charge on any atom is 0.227 e. The summed E-state index contributed by atoms with van der Waals surface area (Å²) in [5.41, 5.74) is 6.57. The largest absolute Gasteiger partial charge is 0.493 e. The number of ether oxygens (including phenoxy) is 2. The first kappa shape index (κ1) is 26.5. The van der Waals surface area contributed by atoms with Crippen molar-refractivity contribution in [3.63, 3.8) is 0 Å². The molecule has 0 N–H and O–H groups in total. The molecule has 1 saturated heterocycles. The fourth-order valence-corrected chi connectivity index (χ4v) is 5.54. The third kappa shape index (κ3) is 5.70. The molecule has 6 nitrogen and oxygen atoms in total. The van der Waals surface area contributed by atoms with Crippen LogP contribution in [0.5, 0.6) is 11.5 Å². The molecule has 0 saturated carbocycles. The number of anilines is 1. The van der Waals surface area contributed by atoms with Gasteiger partial charge in [-0.2, -0.15) is 0 Å². The van der Waals surface area contributed by atoms with Crippen LogP contribution in [-0.2, 0) is 17.8 Å². The Balaban J connectivity index is 1.27. The highest BCUT2D eigenvalue weighted by Crippen LogP contribution is 2.35. The monoisotopic (exact) mass is 523 g/mol. The first-order valence-electron chi connectivity index (χ1n) is 13.7. The van der Waals surface area contributed by atoms with E-state index in [4.69, 9.17) is 14.5 Å². The molecule has 1 unspecified atom stereocenters. The third-order valence-corrected chi connectivity index (χ3v) is 7.46. The minimum absolute atomic E-state index is 0.0557. The lowest BCUT2D eigenvalue weighted by Gasteiger charge is -2.20. The highest BCUT2D eigenvalue weighted by Gasteiger charge is 2.35. The number of methoxy groups -OCH3 is 1. The van der Waals surface area contributed by atoms with E-state index in [2.05, 4.69) is 61.4 Å². The molecule has 5 rings (SSSR count). The van der Waals surface area contributed by atoms with E-state index in [-0.39, 0.29) is 11.8 Å². The van der Waals surface area contributed by atoms with Crippen LogP contribution in [0.15, 0.2) is 73.3 Å². The van der Waals surface area contributed by atoms with Gasteiger partial charge in [0.25, 0.3) is 0 Å². The van der Waals surface area contributed by atoms with Crippen LogP contribution < -0.4 is 14.4 Å². The number of aromatic nitrogens is 2. The Morgan fingerprint density at radius 2 is 1.90 bits per heavy atom. The van der Waals surface area contributed by atoms with Crippen molar-refractivity contribution < 1.29 is 14.3 Å². The molecule has 2 heterocycles. The Morgan fingerprint density at radius 1 is 1.05 bits per heavy atom. The van der Waals surface area contributed by atoms with E-state index in [1.807, 2.05) is 35.2 Å². The van der Waals surface area contributed by atoms with E-state index in [1.54, 1.807) is 7.11 Å². The number of para-hydroxylation sites is 2. The van der Waals surface area contributed by atoms with E-state index in [0.717, 1.165) is 71.0 Å². The first-order chi connectivity index (χ1) is 19.0. The summed E-state index contributed by atoms with van der Waals surface area (Å²) in [5.74, 6) is 2.72. The van der Waals surface area contributed by atoms with Crippen molar-refractivity contribution in [3.8, 4) is 11.5 Å². The number of nitrogens with zero attached hydrogens (tertiary/aromatic N) is 3. The molecule has 0 aliphatic carbocycles. The molecule has 39 heavy (non-hydrogen) atoms. The average molecular weight is 524 g/mol. The van der Waals surface area contributed by atoms with E-state index < -0.39 is 0 Å². The average Bonchev–Trinajstić information content (AvgIpc) is 3.49. The van der Waals surface area contributed by atoms with Gasteiger partial charge in [-0.15, -0.1) is 6.58 Å². The Labute approximate surface area is 230 Å². The summed E-state index contributed by atoms with van der Waals surface area (Å²) < 4.78 is 13.9. The quantitative estimate of drug-likeness (QED) is 0.161. The second kappa shape index (κ2) is 11.8. The lowest BCUT2D eigenvalue weighted by atomic mass is 10.1. The molecule has 1 fully saturated rings. The molecule has 1 aliphatic heterocycles. The van der Waals surface area contributed by atoms with Crippen molar-refractivity contribution in [2.24, 2.45) is 0 Å². The number of fused-ring (bicyclic) bond motifs is 1. The van der Waals surface area contributed by atoms with Crippen LogP contribution in [0.3, 0.4) is 0 Å². The molecule has 0 bridgehead atoms. The normalized spacial score (nSPS) is 15.2. The van der Waals surface area contributed by atoms with Crippen LogP contribution in [-0.4, -0.2) is 35.7 Å². The first-order valence-corrected chi connectivity index (χ1v) is 13.7. The maximum absolute atomic E-state index is 13.1. The highest BCUT2D eigenvalue weighted by molar-refractivity contribution is 5.97. The molecule has 1 amide bonds. The molecule has 1 aliphatic rings. The topological polar surface area (TPSA) is 56.6 Å². The number of allylic oxidation sites excluding steroid dienone is 1. The molecule has 6 heteroatoms. The Hall–Kier alpha value is -4.06. The number of unbranched alkanes of at least 4 members (excludes halogenated alkanes) is 1.